The lowest BCUT2D eigenvalue weighted by molar-refractivity contribution is 0.0471. The van der Waals surface area contributed by atoms with E-state index in [4.69, 9.17) is 5.84 Å². The van der Waals surface area contributed by atoms with Crippen LogP contribution in [-0.2, 0) is 0 Å². The SMILES string of the molecule is C=C(C)C(NN)C1(N2CCCCC2)CCCC1. The molecule has 98 valence electrons. The first-order valence-electron chi connectivity index (χ1n) is 7.07. The molecule has 0 aromatic heterocycles. The average Bonchev–Trinajstić information content (AvgIpc) is 2.81. The number of rotatable bonds is 4. The largest absolute Gasteiger partial charge is 0.296 e. The highest BCUT2D eigenvalue weighted by molar-refractivity contribution is 5.16. The predicted octanol–water partition coefficient (Wildman–Crippen LogP) is 2.19. The number of nitrogens with one attached hydrogen (secondary N) is 1. The van der Waals surface area contributed by atoms with Crippen LogP contribution < -0.4 is 11.3 Å². The molecular weight excluding hydrogens is 210 g/mol. The van der Waals surface area contributed by atoms with Gasteiger partial charge in [-0.05, 0) is 45.7 Å². The van der Waals surface area contributed by atoms with Crippen LogP contribution in [0.15, 0.2) is 12.2 Å². The van der Waals surface area contributed by atoms with Gasteiger partial charge < -0.3 is 0 Å². The van der Waals surface area contributed by atoms with E-state index >= 15 is 0 Å². The van der Waals surface area contributed by atoms with E-state index in [1.807, 2.05) is 0 Å². The van der Waals surface area contributed by atoms with Gasteiger partial charge in [0.1, 0.15) is 0 Å². The van der Waals surface area contributed by atoms with Crippen LogP contribution in [0.5, 0.6) is 0 Å². The van der Waals surface area contributed by atoms with Crippen molar-refractivity contribution in [3.8, 4) is 0 Å². The van der Waals surface area contributed by atoms with Gasteiger partial charge in [-0.25, -0.2) is 0 Å². The standard InChI is InChI=1S/C14H27N3/c1-12(2)13(16-15)14(8-4-5-9-14)17-10-6-3-7-11-17/h13,16H,1,3-11,15H2,2H3. The van der Waals surface area contributed by atoms with Gasteiger partial charge in [0.2, 0.25) is 0 Å². The van der Waals surface area contributed by atoms with Crippen molar-refractivity contribution in [2.45, 2.75) is 63.5 Å². The quantitative estimate of drug-likeness (QED) is 0.447. The smallest absolute Gasteiger partial charge is 0.0598 e. The zero-order valence-electron chi connectivity index (χ0n) is 11.2. The maximum absolute atomic E-state index is 5.81. The van der Waals surface area contributed by atoms with Crippen LogP contribution >= 0.6 is 0 Å². The monoisotopic (exact) mass is 237 g/mol. The van der Waals surface area contributed by atoms with E-state index in [2.05, 4.69) is 23.8 Å². The summed E-state index contributed by atoms with van der Waals surface area (Å²) in [6, 6.07) is 0.253. The molecule has 1 atom stereocenters. The van der Waals surface area contributed by atoms with Crippen LogP contribution in [0.2, 0.25) is 0 Å². The predicted molar refractivity (Wildman–Crippen MR) is 72.5 cm³/mol. The summed E-state index contributed by atoms with van der Waals surface area (Å²) < 4.78 is 0. The molecule has 2 aliphatic rings. The highest BCUT2D eigenvalue weighted by atomic mass is 15.3. The molecule has 2 fully saturated rings. The Morgan fingerprint density at radius 3 is 2.24 bits per heavy atom. The summed E-state index contributed by atoms with van der Waals surface area (Å²) in [6.07, 6.45) is 9.29. The number of hydrogen-bond donors (Lipinski definition) is 2. The second-order valence-electron chi connectivity index (χ2n) is 5.80. The number of likely N-dealkylation sites (tertiary alicyclic amines) is 1. The van der Waals surface area contributed by atoms with E-state index in [1.165, 1.54) is 63.6 Å². The van der Waals surface area contributed by atoms with Crippen LogP contribution in [0.3, 0.4) is 0 Å². The van der Waals surface area contributed by atoms with Crippen molar-refractivity contribution in [2.75, 3.05) is 13.1 Å². The third kappa shape index (κ3) is 2.42. The van der Waals surface area contributed by atoms with Gasteiger partial charge in [-0.2, -0.15) is 0 Å². The minimum atomic E-state index is 0.251. The van der Waals surface area contributed by atoms with E-state index in [-0.39, 0.29) is 11.6 Å². The van der Waals surface area contributed by atoms with Crippen molar-refractivity contribution in [3.63, 3.8) is 0 Å². The summed E-state index contributed by atoms with van der Waals surface area (Å²) in [7, 11) is 0. The molecule has 1 unspecified atom stereocenters. The Balaban J connectivity index is 2.20. The van der Waals surface area contributed by atoms with Crippen LogP contribution in [0.1, 0.15) is 51.9 Å². The molecule has 0 aromatic rings. The van der Waals surface area contributed by atoms with Gasteiger partial charge in [-0.15, -0.1) is 0 Å². The van der Waals surface area contributed by atoms with E-state index < -0.39 is 0 Å². The third-order valence-electron chi connectivity index (χ3n) is 4.65. The highest BCUT2D eigenvalue weighted by Gasteiger charge is 2.45. The first-order chi connectivity index (χ1) is 8.20. The fourth-order valence-corrected chi connectivity index (χ4v) is 3.87. The van der Waals surface area contributed by atoms with E-state index in [0.717, 1.165) is 0 Å². The van der Waals surface area contributed by atoms with Gasteiger partial charge >= 0.3 is 0 Å². The number of nitrogens with two attached hydrogens (primary N) is 1. The number of hydrogen-bond acceptors (Lipinski definition) is 3. The number of piperidine rings is 1. The molecule has 0 spiro atoms. The Bertz CT molecular complexity index is 263. The van der Waals surface area contributed by atoms with E-state index in [1.54, 1.807) is 0 Å². The molecule has 1 heterocycles. The fourth-order valence-electron chi connectivity index (χ4n) is 3.87. The Hall–Kier alpha value is -0.380. The summed E-state index contributed by atoms with van der Waals surface area (Å²) in [5.74, 6) is 5.81. The Morgan fingerprint density at radius 2 is 1.76 bits per heavy atom. The molecule has 2 rings (SSSR count). The molecule has 3 heteroatoms. The maximum Gasteiger partial charge on any atom is 0.0598 e. The highest BCUT2D eigenvalue weighted by Crippen LogP contribution is 2.41. The first kappa shape index (κ1) is 13.1. The summed E-state index contributed by atoms with van der Waals surface area (Å²) in [5.41, 5.74) is 4.47. The molecule has 17 heavy (non-hydrogen) atoms. The Morgan fingerprint density at radius 1 is 1.18 bits per heavy atom. The lowest BCUT2D eigenvalue weighted by Gasteiger charge is -2.48. The molecule has 1 saturated carbocycles. The van der Waals surface area contributed by atoms with Crippen molar-refractivity contribution in [1.82, 2.24) is 10.3 Å². The minimum absolute atomic E-state index is 0.251. The van der Waals surface area contributed by atoms with Crippen molar-refractivity contribution < 1.29 is 0 Å². The molecular formula is C14H27N3. The summed E-state index contributed by atoms with van der Waals surface area (Å²) in [6.45, 7) is 8.73. The molecule has 0 radical (unpaired) electrons. The summed E-state index contributed by atoms with van der Waals surface area (Å²) >= 11 is 0. The molecule has 0 amide bonds. The molecule has 1 aliphatic heterocycles. The summed E-state index contributed by atoms with van der Waals surface area (Å²) in [5, 5.41) is 0. The van der Waals surface area contributed by atoms with Crippen LogP contribution in [0.25, 0.3) is 0 Å². The molecule has 1 aliphatic carbocycles. The molecule has 3 nitrogen and oxygen atoms in total. The minimum Gasteiger partial charge on any atom is -0.296 e. The first-order valence-corrected chi connectivity index (χ1v) is 7.07. The second-order valence-corrected chi connectivity index (χ2v) is 5.80. The fraction of sp³-hybridized carbons (Fsp3) is 0.857. The van der Waals surface area contributed by atoms with Crippen LogP contribution in [0, 0.1) is 0 Å². The lowest BCUT2D eigenvalue weighted by Crippen LogP contribution is -2.62. The molecule has 1 saturated heterocycles. The topological polar surface area (TPSA) is 41.3 Å². The zero-order chi connectivity index (χ0) is 12.3. The number of hydrazine groups is 1. The second kappa shape index (κ2) is 5.51. The van der Waals surface area contributed by atoms with E-state index in [9.17, 15) is 0 Å². The zero-order valence-corrected chi connectivity index (χ0v) is 11.2. The maximum atomic E-state index is 5.81. The van der Waals surface area contributed by atoms with E-state index in [0.29, 0.717) is 0 Å². The Labute approximate surface area is 105 Å². The van der Waals surface area contributed by atoms with Crippen molar-refractivity contribution >= 4 is 0 Å². The molecule has 3 N–H and O–H groups in total. The third-order valence-corrected chi connectivity index (χ3v) is 4.65. The van der Waals surface area contributed by atoms with Gasteiger partial charge in [0.25, 0.3) is 0 Å². The van der Waals surface area contributed by atoms with Gasteiger partial charge in [0.15, 0.2) is 0 Å². The average molecular weight is 237 g/mol. The van der Waals surface area contributed by atoms with Crippen LogP contribution in [0.4, 0.5) is 0 Å². The normalized spacial score (nSPS) is 26.9. The van der Waals surface area contributed by atoms with Crippen molar-refractivity contribution in [2.24, 2.45) is 5.84 Å². The van der Waals surface area contributed by atoms with Crippen molar-refractivity contribution in [1.29, 1.82) is 0 Å². The number of nitrogens with zero attached hydrogens (tertiary/aromatic N) is 1. The van der Waals surface area contributed by atoms with Crippen molar-refractivity contribution in [3.05, 3.63) is 12.2 Å². The Kier molecular flexibility index (Phi) is 4.23. The lowest BCUT2D eigenvalue weighted by atomic mass is 9.81. The van der Waals surface area contributed by atoms with Gasteiger partial charge in [0, 0.05) is 5.54 Å². The van der Waals surface area contributed by atoms with Gasteiger partial charge in [-0.1, -0.05) is 31.4 Å². The van der Waals surface area contributed by atoms with Gasteiger partial charge in [0.05, 0.1) is 6.04 Å². The molecule has 0 aromatic carbocycles. The van der Waals surface area contributed by atoms with Crippen LogP contribution in [-0.4, -0.2) is 29.6 Å². The van der Waals surface area contributed by atoms with Gasteiger partial charge in [-0.3, -0.25) is 16.2 Å². The molecule has 0 bridgehead atoms. The summed E-state index contributed by atoms with van der Waals surface area (Å²) in [4.78, 5) is 2.70.